The smallest absolute Gasteiger partial charge is 0.319 e. The normalized spacial score (nSPS) is 14.0. The molecule has 0 aliphatic heterocycles. The van der Waals surface area contributed by atoms with Crippen molar-refractivity contribution in [3.63, 3.8) is 0 Å². The van der Waals surface area contributed by atoms with Gasteiger partial charge in [0.05, 0.1) is 4.47 Å². The molecule has 0 aliphatic rings. The highest BCUT2D eigenvalue weighted by Crippen LogP contribution is 2.43. The molecule has 0 bridgehead atoms. The van der Waals surface area contributed by atoms with Crippen LogP contribution in [0.5, 0.6) is 0 Å². The summed E-state index contributed by atoms with van der Waals surface area (Å²) in [5.41, 5.74) is 4.19. The number of rotatable bonds is 2. The van der Waals surface area contributed by atoms with Gasteiger partial charge in [0, 0.05) is 0 Å². The van der Waals surface area contributed by atoms with E-state index >= 15 is 0 Å². The van der Waals surface area contributed by atoms with Crippen LogP contribution in [0.25, 0.3) is 0 Å². The Kier molecular flexibility index (Phi) is 5.52. The highest BCUT2D eigenvalue weighted by molar-refractivity contribution is 9.10. The van der Waals surface area contributed by atoms with E-state index in [-0.39, 0.29) is 16.9 Å². The summed E-state index contributed by atoms with van der Waals surface area (Å²) in [4.78, 5) is 0. The van der Waals surface area contributed by atoms with Gasteiger partial charge in [-0.2, -0.15) is 22.0 Å². The Bertz CT molecular complexity index is 422. The summed E-state index contributed by atoms with van der Waals surface area (Å²) in [5.74, 6) is -6.08. The zero-order chi connectivity index (χ0) is 13.4. The van der Waals surface area contributed by atoms with Crippen molar-refractivity contribution in [3.05, 3.63) is 34.1 Å². The lowest BCUT2D eigenvalue weighted by atomic mass is 10.0. The molecule has 0 spiro atoms. The van der Waals surface area contributed by atoms with E-state index in [0.29, 0.717) is 6.07 Å². The van der Waals surface area contributed by atoms with Crippen LogP contribution in [0.2, 0.25) is 0 Å². The Morgan fingerprint density at radius 1 is 1.11 bits per heavy atom. The minimum Gasteiger partial charge on any atom is -0.319 e. The molecule has 104 valence electrons. The van der Waals surface area contributed by atoms with Crippen LogP contribution in [0.3, 0.4) is 0 Å². The molecule has 1 atom stereocenters. The second kappa shape index (κ2) is 5.66. The third-order valence-corrected chi connectivity index (χ3v) is 2.71. The van der Waals surface area contributed by atoms with Gasteiger partial charge in [-0.05, 0) is 33.6 Å². The van der Waals surface area contributed by atoms with Crippen molar-refractivity contribution in [1.82, 2.24) is 0 Å². The SMILES string of the molecule is Cl.N[C@H](c1ccc(Br)c(F)c1)C(F)(F)C(F)(F)F. The van der Waals surface area contributed by atoms with Gasteiger partial charge >= 0.3 is 12.1 Å². The van der Waals surface area contributed by atoms with Crippen molar-refractivity contribution in [1.29, 1.82) is 0 Å². The van der Waals surface area contributed by atoms with E-state index in [4.69, 9.17) is 5.73 Å². The summed E-state index contributed by atoms with van der Waals surface area (Å²) in [5, 5.41) is 0. The van der Waals surface area contributed by atoms with Gasteiger partial charge in [-0.3, -0.25) is 0 Å². The van der Waals surface area contributed by atoms with Crippen molar-refractivity contribution in [2.75, 3.05) is 0 Å². The van der Waals surface area contributed by atoms with Gasteiger partial charge in [-0.1, -0.05) is 6.07 Å². The molecule has 9 heteroatoms. The highest BCUT2D eigenvalue weighted by atomic mass is 79.9. The van der Waals surface area contributed by atoms with Crippen LogP contribution < -0.4 is 5.73 Å². The van der Waals surface area contributed by atoms with E-state index in [2.05, 4.69) is 15.9 Å². The monoisotopic (exact) mass is 357 g/mol. The van der Waals surface area contributed by atoms with E-state index in [1.807, 2.05) is 0 Å². The molecule has 0 saturated carbocycles. The minimum atomic E-state index is -5.78. The molecule has 0 saturated heterocycles. The molecule has 2 N–H and O–H groups in total. The fourth-order valence-electron chi connectivity index (χ4n) is 1.09. The number of benzene rings is 1. The zero-order valence-electron chi connectivity index (χ0n) is 8.44. The quantitative estimate of drug-likeness (QED) is 0.788. The lowest BCUT2D eigenvalue weighted by Crippen LogP contribution is -2.45. The van der Waals surface area contributed by atoms with Gasteiger partial charge < -0.3 is 5.73 Å². The third kappa shape index (κ3) is 3.30. The van der Waals surface area contributed by atoms with Gasteiger partial charge in [0.25, 0.3) is 0 Å². The molecule has 0 aliphatic carbocycles. The second-order valence-corrected chi connectivity index (χ2v) is 4.13. The van der Waals surface area contributed by atoms with E-state index in [0.717, 1.165) is 12.1 Å². The maximum atomic E-state index is 13.0. The Labute approximate surface area is 113 Å². The first-order valence-electron chi connectivity index (χ1n) is 4.22. The molecule has 1 aromatic rings. The first kappa shape index (κ1) is 17.5. The third-order valence-electron chi connectivity index (χ3n) is 2.07. The van der Waals surface area contributed by atoms with Gasteiger partial charge in [0.1, 0.15) is 11.9 Å². The topological polar surface area (TPSA) is 26.0 Å². The summed E-state index contributed by atoms with van der Waals surface area (Å²) in [6.07, 6.45) is -5.78. The number of hydrogen-bond donors (Lipinski definition) is 1. The molecular weight excluding hydrogens is 351 g/mol. The van der Waals surface area contributed by atoms with Crippen molar-refractivity contribution in [3.8, 4) is 0 Å². The molecule has 1 rings (SSSR count). The van der Waals surface area contributed by atoms with Crippen LogP contribution in [0.4, 0.5) is 26.3 Å². The van der Waals surface area contributed by atoms with Crippen LogP contribution in [-0.4, -0.2) is 12.1 Å². The average Bonchev–Trinajstić information content (AvgIpc) is 2.19. The van der Waals surface area contributed by atoms with E-state index in [1.54, 1.807) is 0 Å². The van der Waals surface area contributed by atoms with Crippen LogP contribution >= 0.6 is 28.3 Å². The highest BCUT2D eigenvalue weighted by Gasteiger charge is 2.61. The molecule has 0 unspecified atom stereocenters. The second-order valence-electron chi connectivity index (χ2n) is 3.27. The van der Waals surface area contributed by atoms with Gasteiger partial charge in [-0.15, -0.1) is 12.4 Å². The molecule has 0 heterocycles. The molecule has 0 fully saturated rings. The molecule has 0 radical (unpaired) electrons. The first-order chi connectivity index (χ1) is 7.57. The summed E-state index contributed by atoms with van der Waals surface area (Å²) in [6.45, 7) is 0. The predicted molar refractivity (Wildman–Crippen MR) is 59.3 cm³/mol. The fourth-order valence-corrected chi connectivity index (χ4v) is 1.34. The van der Waals surface area contributed by atoms with Gasteiger partial charge in [-0.25, -0.2) is 4.39 Å². The standard InChI is InChI=1S/C9H6BrF6N.ClH/c10-5-2-1-4(3-6(5)11)7(17)8(12,13)9(14,15)16;/h1-3,7H,17H2;1H/t7-;/m1./s1. The fraction of sp³-hybridized carbons (Fsp3) is 0.333. The van der Waals surface area contributed by atoms with Crippen LogP contribution in [0, 0.1) is 5.82 Å². The van der Waals surface area contributed by atoms with Gasteiger partial charge in [0.15, 0.2) is 0 Å². The molecule has 0 aromatic heterocycles. The maximum Gasteiger partial charge on any atom is 0.455 e. The Balaban J connectivity index is 0.00000289. The van der Waals surface area contributed by atoms with Crippen LogP contribution in [0.1, 0.15) is 11.6 Å². The predicted octanol–water partition coefficient (Wildman–Crippen LogP) is 4.21. The summed E-state index contributed by atoms with van der Waals surface area (Å²) in [7, 11) is 0. The Morgan fingerprint density at radius 3 is 2.00 bits per heavy atom. The van der Waals surface area contributed by atoms with Crippen molar-refractivity contribution >= 4 is 28.3 Å². The van der Waals surface area contributed by atoms with E-state index in [1.165, 1.54) is 0 Å². The lowest BCUT2D eigenvalue weighted by Gasteiger charge is -2.26. The largest absolute Gasteiger partial charge is 0.455 e. The molecule has 18 heavy (non-hydrogen) atoms. The van der Waals surface area contributed by atoms with Crippen molar-refractivity contribution in [2.45, 2.75) is 18.1 Å². The van der Waals surface area contributed by atoms with E-state index < -0.39 is 29.5 Å². The van der Waals surface area contributed by atoms with Crippen molar-refractivity contribution < 1.29 is 26.3 Å². The summed E-state index contributed by atoms with van der Waals surface area (Å²) in [6, 6.07) is -0.201. The molecule has 1 aromatic carbocycles. The Hall–Kier alpha value is -0.470. The lowest BCUT2D eigenvalue weighted by molar-refractivity contribution is -0.291. The summed E-state index contributed by atoms with van der Waals surface area (Å²) < 4.78 is 74.7. The minimum absolute atomic E-state index is 0. The van der Waals surface area contributed by atoms with Crippen molar-refractivity contribution in [2.24, 2.45) is 5.73 Å². The number of halogens is 8. The van der Waals surface area contributed by atoms with Crippen LogP contribution in [0.15, 0.2) is 22.7 Å². The number of nitrogens with two attached hydrogens (primary N) is 1. The molecule has 1 nitrogen and oxygen atoms in total. The average molecular weight is 359 g/mol. The zero-order valence-corrected chi connectivity index (χ0v) is 10.8. The van der Waals surface area contributed by atoms with Crippen LogP contribution in [-0.2, 0) is 0 Å². The molecule has 0 amide bonds. The van der Waals surface area contributed by atoms with Gasteiger partial charge in [0.2, 0.25) is 0 Å². The Morgan fingerprint density at radius 2 is 1.61 bits per heavy atom. The first-order valence-corrected chi connectivity index (χ1v) is 5.01. The van der Waals surface area contributed by atoms with E-state index in [9.17, 15) is 26.3 Å². The summed E-state index contributed by atoms with van der Waals surface area (Å²) >= 11 is 2.74. The molecular formula is C9H7BrClF6N. The number of alkyl halides is 5. The maximum absolute atomic E-state index is 13.0. The number of hydrogen-bond acceptors (Lipinski definition) is 1.